The third-order valence-electron chi connectivity index (χ3n) is 2.27. The Morgan fingerprint density at radius 3 is 2.35 bits per heavy atom. The number of halogens is 3. The molecule has 112 valence electrons. The van der Waals surface area contributed by atoms with Gasteiger partial charge in [0.1, 0.15) is 0 Å². The van der Waals surface area contributed by atoms with Crippen molar-refractivity contribution in [3.05, 3.63) is 24.0 Å². The van der Waals surface area contributed by atoms with Gasteiger partial charge in [-0.3, -0.25) is 0 Å². The number of aromatic nitrogens is 2. The second-order valence-electron chi connectivity index (χ2n) is 4.37. The van der Waals surface area contributed by atoms with E-state index in [0.717, 1.165) is 0 Å². The van der Waals surface area contributed by atoms with Crippen LogP contribution in [-0.4, -0.2) is 23.9 Å². The lowest BCUT2D eigenvalue weighted by molar-refractivity contribution is -0.0502. The highest BCUT2D eigenvalue weighted by Gasteiger charge is 2.49. The van der Waals surface area contributed by atoms with E-state index in [2.05, 4.69) is 20.7 Å². The number of alkyl halides is 3. The number of hydrogen-bond donors (Lipinski definition) is 0. The minimum absolute atomic E-state index is 0.166. The lowest BCUT2D eigenvalue weighted by atomic mass is 10.0. The molecule has 20 heavy (non-hydrogen) atoms. The van der Waals surface area contributed by atoms with Gasteiger partial charge in [0.25, 0.3) is 0 Å². The van der Waals surface area contributed by atoms with Crippen LogP contribution in [0, 0.1) is 0 Å². The van der Waals surface area contributed by atoms with Crippen LogP contribution in [0.15, 0.2) is 12.8 Å². The molecule has 0 aromatic carbocycles. The molecule has 0 fully saturated rings. The third-order valence-corrected chi connectivity index (χ3v) is 3.21. The smallest absolute Gasteiger partial charge is 0.337 e. The number of rotatable bonds is 4. The molecule has 0 saturated heterocycles. The minimum Gasteiger partial charge on any atom is -0.337 e. The second-order valence-corrected chi connectivity index (χ2v) is 5.91. The van der Waals surface area contributed by atoms with Crippen molar-refractivity contribution in [3.8, 4) is 6.01 Å². The number of nitrogens with zero attached hydrogens (tertiary/aromatic N) is 2. The Morgan fingerprint density at radius 2 is 1.95 bits per heavy atom. The molecular weight excluding hydrogens is 297 g/mol. The van der Waals surface area contributed by atoms with Crippen LogP contribution in [0.2, 0.25) is 0 Å². The number of hydrogen-bond acceptors (Lipinski definition) is 5. The summed E-state index contributed by atoms with van der Waals surface area (Å²) in [6.45, 7) is 8.86. The first-order chi connectivity index (χ1) is 8.95. The summed E-state index contributed by atoms with van der Waals surface area (Å²) in [7, 11) is -5.77. The minimum atomic E-state index is -5.77. The van der Waals surface area contributed by atoms with Crippen LogP contribution in [0.1, 0.15) is 37.9 Å². The molecule has 0 aliphatic heterocycles. The molecule has 0 saturated carbocycles. The average Bonchev–Trinajstić information content (AvgIpc) is 2.26. The van der Waals surface area contributed by atoms with E-state index in [-0.39, 0.29) is 5.92 Å². The van der Waals surface area contributed by atoms with Crippen LogP contribution in [0.4, 0.5) is 13.2 Å². The van der Waals surface area contributed by atoms with Crippen LogP contribution in [0.25, 0.3) is 5.57 Å². The van der Waals surface area contributed by atoms with E-state index in [4.69, 9.17) is 0 Å². The fourth-order valence-electron chi connectivity index (χ4n) is 1.33. The first-order valence-corrected chi connectivity index (χ1v) is 6.90. The molecule has 0 spiro atoms. The van der Waals surface area contributed by atoms with Crippen LogP contribution in [0.5, 0.6) is 6.01 Å². The lowest BCUT2D eigenvalue weighted by Gasteiger charge is -2.13. The molecule has 0 unspecified atom stereocenters. The molecule has 1 aromatic heterocycles. The summed E-state index contributed by atoms with van der Waals surface area (Å²) < 4.78 is 62.2. The van der Waals surface area contributed by atoms with Crippen molar-refractivity contribution in [1.82, 2.24) is 9.97 Å². The highest BCUT2D eigenvalue weighted by Crippen LogP contribution is 2.28. The van der Waals surface area contributed by atoms with Crippen LogP contribution in [-0.2, 0) is 10.1 Å². The van der Waals surface area contributed by atoms with Crippen molar-refractivity contribution in [2.75, 3.05) is 0 Å². The van der Waals surface area contributed by atoms with Crippen molar-refractivity contribution in [3.63, 3.8) is 0 Å². The average molecular weight is 310 g/mol. The fraction of sp³-hybridized carbons (Fsp3) is 0.455. The monoisotopic (exact) mass is 310 g/mol. The predicted molar refractivity (Wildman–Crippen MR) is 66.4 cm³/mol. The highest BCUT2D eigenvalue weighted by atomic mass is 32.2. The second kappa shape index (κ2) is 5.39. The molecule has 1 rings (SSSR count). The molecular formula is C11H13F3N2O3S. The Balaban J connectivity index is 3.24. The molecule has 0 bridgehead atoms. The first-order valence-electron chi connectivity index (χ1n) is 5.49. The SMILES string of the molecule is C=C(C)c1cnc(OS(=O)(=O)C(F)(F)F)nc1C(C)C. The van der Waals surface area contributed by atoms with Gasteiger partial charge >= 0.3 is 21.6 Å². The lowest BCUT2D eigenvalue weighted by Crippen LogP contribution is -2.28. The molecule has 0 aliphatic rings. The summed E-state index contributed by atoms with van der Waals surface area (Å²) in [6.07, 6.45) is 1.19. The van der Waals surface area contributed by atoms with E-state index < -0.39 is 21.6 Å². The van der Waals surface area contributed by atoms with Crippen molar-refractivity contribution in [2.45, 2.75) is 32.2 Å². The zero-order valence-corrected chi connectivity index (χ0v) is 11.8. The maximum atomic E-state index is 12.2. The fourth-order valence-corrected chi connectivity index (χ4v) is 1.70. The molecule has 0 N–H and O–H groups in total. The van der Waals surface area contributed by atoms with Gasteiger partial charge in [-0.2, -0.15) is 26.6 Å². The third kappa shape index (κ3) is 3.47. The van der Waals surface area contributed by atoms with Gasteiger partial charge in [0, 0.05) is 11.8 Å². The molecule has 0 amide bonds. The predicted octanol–water partition coefficient (Wildman–Crippen LogP) is 2.86. The Kier molecular flexibility index (Phi) is 4.42. The van der Waals surface area contributed by atoms with Gasteiger partial charge in [0.05, 0.1) is 5.69 Å². The maximum Gasteiger partial charge on any atom is 0.534 e. The molecule has 5 nitrogen and oxygen atoms in total. The zero-order valence-electron chi connectivity index (χ0n) is 11.0. The summed E-state index contributed by atoms with van der Waals surface area (Å²) >= 11 is 0. The van der Waals surface area contributed by atoms with Crippen molar-refractivity contribution in [1.29, 1.82) is 0 Å². The van der Waals surface area contributed by atoms with Gasteiger partial charge in [0.15, 0.2) is 0 Å². The van der Waals surface area contributed by atoms with Gasteiger partial charge in [-0.1, -0.05) is 20.4 Å². The van der Waals surface area contributed by atoms with Crippen LogP contribution < -0.4 is 4.18 Å². The van der Waals surface area contributed by atoms with E-state index in [9.17, 15) is 21.6 Å². The molecule has 1 aromatic rings. The van der Waals surface area contributed by atoms with E-state index >= 15 is 0 Å². The summed E-state index contributed by atoms with van der Waals surface area (Å²) in [5.41, 5.74) is -4.02. The Labute approximate surface area is 114 Å². The standard InChI is InChI=1S/C11H13F3N2O3S/c1-6(2)8-5-15-10(16-9(8)7(3)4)19-20(17,18)11(12,13)14/h5,7H,1H2,2-4H3. The van der Waals surface area contributed by atoms with Gasteiger partial charge in [-0.25, -0.2) is 4.98 Å². The summed E-state index contributed by atoms with van der Waals surface area (Å²) in [4.78, 5) is 7.19. The quantitative estimate of drug-likeness (QED) is 0.632. The van der Waals surface area contributed by atoms with E-state index in [0.29, 0.717) is 16.8 Å². The highest BCUT2D eigenvalue weighted by molar-refractivity contribution is 7.87. The van der Waals surface area contributed by atoms with Crippen molar-refractivity contribution < 1.29 is 25.8 Å². The van der Waals surface area contributed by atoms with Gasteiger partial charge in [-0.05, 0) is 18.4 Å². The number of allylic oxidation sites excluding steroid dienone is 1. The van der Waals surface area contributed by atoms with E-state index in [1.165, 1.54) is 6.20 Å². The van der Waals surface area contributed by atoms with Crippen LogP contribution >= 0.6 is 0 Å². The maximum absolute atomic E-state index is 12.2. The molecule has 0 aliphatic carbocycles. The Bertz CT molecular complexity index is 624. The van der Waals surface area contributed by atoms with E-state index in [1.54, 1.807) is 20.8 Å². The van der Waals surface area contributed by atoms with Crippen molar-refractivity contribution in [2.24, 2.45) is 0 Å². The topological polar surface area (TPSA) is 69.2 Å². The summed E-state index contributed by atoms with van der Waals surface area (Å²) in [5.74, 6) is -0.166. The summed E-state index contributed by atoms with van der Waals surface area (Å²) in [6, 6.07) is -0.865. The van der Waals surface area contributed by atoms with Gasteiger partial charge < -0.3 is 4.18 Å². The van der Waals surface area contributed by atoms with Crippen molar-refractivity contribution >= 4 is 15.7 Å². The summed E-state index contributed by atoms with van der Waals surface area (Å²) in [5, 5.41) is 0. The molecule has 1 heterocycles. The largest absolute Gasteiger partial charge is 0.534 e. The van der Waals surface area contributed by atoms with Gasteiger partial charge in [-0.15, -0.1) is 0 Å². The Hall–Kier alpha value is -1.64. The van der Waals surface area contributed by atoms with Crippen LogP contribution in [0.3, 0.4) is 0 Å². The molecule has 0 radical (unpaired) electrons. The molecule has 9 heteroatoms. The Morgan fingerprint density at radius 1 is 1.40 bits per heavy atom. The molecule has 0 atom stereocenters. The normalized spacial score (nSPS) is 12.6. The first kappa shape index (κ1) is 16.4. The van der Waals surface area contributed by atoms with Gasteiger partial charge in [0.2, 0.25) is 0 Å². The van der Waals surface area contributed by atoms with E-state index in [1.807, 2.05) is 0 Å². The zero-order chi connectivity index (χ0) is 15.7.